The van der Waals surface area contributed by atoms with Crippen LogP contribution in [0.15, 0.2) is 109 Å². The van der Waals surface area contributed by atoms with Crippen molar-refractivity contribution in [1.82, 2.24) is 9.97 Å². The Kier molecular flexibility index (Phi) is 5.92. The van der Waals surface area contributed by atoms with Crippen LogP contribution in [0.4, 0.5) is 0 Å². The maximum absolute atomic E-state index is 4.78. The monoisotopic (exact) mass is 506 g/mol. The molecular formula is C37H34N2. The van der Waals surface area contributed by atoms with E-state index in [0.29, 0.717) is 11.8 Å². The number of rotatable bonds is 6. The van der Waals surface area contributed by atoms with E-state index >= 15 is 0 Å². The van der Waals surface area contributed by atoms with Crippen molar-refractivity contribution in [2.75, 3.05) is 0 Å². The molecule has 39 heavy (non-hydrogen) atoms. The Morgan fingerprint density at radius 3 is 2.03 bits per heavy atom. The highest BCUT2D eigenvalue weighted by atomic mass is 14.7. The van der Waals surface area contributed by atoms with Crippen LogP contribution in [0.5, 0.6) is 0 Å². The molecule has 2 unspecified atom stereocenters. The highest BCUT2D eigenvalue weighted by Crippen LogP contribution is 2.59. The van der Waals surface area contributed by atoms with Crippen molar-refractivity contribution < 1.29 is 0 Å². The Bertz CT molecular complexity index is 1750. The molecule has 0 amide bonds. The molecule has 3 aromatic carbocycles. The number of benzene rings is 3. The largest absolute Gasteiger partial charge is 0.256 e. The third-order valence-corrected chi connectivity index (χ3v) is 9.06. The van der Waals surface area contributed by atoms with Crippen LogP contribution in [0.25, 0.3) is 38.5 Å². The van der Waals surface area contributed by atoms with Crippen LogP contribution >= 0.6 is 0 Å². The highest BCUT2D eigenvalue weighted by molar-refractivity contribution is 5.86. The summed E-state index contributed by atoms with van der Waals surface area (Å²) in [6.07, 6.45) is 16.2. The predicted octanol–water partition coefficient (Wildman–Crippen LogP) is 9.65. The first-order valence-electron chi connectivity index (χ1n) is 14.4. The van der Waals surface area contributed by atoms with Gasteiger partial charge in [0.1, 0.15) is 0 Å². The molecule has 192 valence electrons. The molecule has 0 aliphatic heterocycles. The molecule has 0 radical (unpaired) electrons. The molecule has 0 N–H and O–H groups in total. The number of allylic oxidation sites excluding steroid dienone is 4. The predicted molar refractivity (Wildman–Crippen MR) is 164 cm³/mol. The number of nitrogens with zero attached hydrogens (tertiary/aromatic N) is 2. The summed E-state index contributed by atoms with van der Waals surface area (Å²) < 4.78 is 0. The number of fused-ring (bicyclic) bond motifs is 5. The van der Waals surface area contributed by atoms with Crippen LogP contribution in [0, 0.1) is 5.92 Å². The lowest BCUT2D eigenvalue weighted by molar-refractivity contribution is 0.279. The van der Waals surface area contributed by atoms with E-state index in [1.54, 1.807) is 5.56 Å². The molecule has 2 aliphatic carbocycles. The first-order valence-corrected chi connectivity index (χ1v) is 14.4. The van der Waals surface area contributed by atoms with E-state index < -0.39 is 0 Å². The fraction of sp³-hybridized carbons (Fsp3) is 0.243. The molecular weight excluding hydrogens is 472 g/mol. The number of hydrogen-bond acceptors (Lipinski definition) is 2. The molecule has 0 saturated heterocycles. The van der Waals surface area contributed by atoms with Crippen molar-refractivity contribution in [2.24, 2.45) is 5.92 Å². The standard InChI is InChI=1S/C37H34N2/c1-3-17-37(18-4-2)33-21-25(29-19-27-9-5-7-11-35(27)38-23-29)13-15-31(33)32-16-14-26(22-34(32)37)30-20-28-10-6-8-12-36(28)39-24-30/h5-16,19-24,31,33H,3-4,17-18H2,1-2H3. The van der Waals surface area contributed by atoms with Crippen molar-refractivity contribution in [1.29, 1.82) is 0 Å². The number of pyridine rings is 2. The molecule has 0 fully saturated rings. The van der Waals surface area contributed by atoms with E-state index in [4.69, 9.17) is 9.97 Å². The minimum Gasteiger partial charge on any atom is -0.256 e. The zero-order chi connectivity index (χ0) is 26.4. The summed E-state index contributed by atoms with van der Waals surface area (Å²) in [5.74, 6) is 0.864. The Labute approximate surface area is 231 Å². The molecule has 0 bridgehead atoms. The molecule has 2 atom stereocenters. The molecule has 0 spiro atoms. The van der Waals surface area contributed by atoms with Gasteiger partial charge in [0.05, 0.1) is 11.0 Å². The third kappa shape index (κ3) is 3.93. The van der Waals surface area contributed by atoms with Gasteiger partial charge in [-0.3, -0.25) is 9.97 Å². The van der Waals surface area contributed by atoms with Gasteiger partial charge in [-0.05, 0) is 65.3 Å². The minimum atomic E-state index is 0.129. The van der Waals surface area contributed by atoms with Crippen LogP contribution < -0.4 is 0 Å². The molecule has 2 aromatic heterocycles. The maximum Gasteiger partial charge on any atom is 0.0702 e. The quantitative estimate of drug-likeness (QED) is 0.229. The summed E-state index contributed by atoms with van der Waals surface area (Å²) in [4.78, 5) is 9.55. The van der Waals surface area contributed by atoms with E-state index in [0.717, 1.165) is 11.0 Å². The van der Waals surface area contributed by atoms with Crippen molar-refractivity contribution in [3.05, 3.63) is 126 Å². The lowest BCUT2D eigenvalue weighted by atomic mass is 9.65. The summed E-state index contributed by atoms with van der Waals surface area (Å²) in [7, 11) is 0. The van der Waals surface area contributed by atoms with E-state index in [2.05, 4.69) is 111 Å². The Balaban J connectivity index is 1.35. The Hall–Kier alpha value is -4.04. The van der Waals surface area contributed by atoms with Gasteiger partial charge in [0.25, 0.3) is 0 Å². The van der Waals surface area contributed by atoms with Gasteiger partial charge in [-0.2, -0.15) is 0 Å². The van der Waals surface area contributed by atoms with E-state index in [1.807, 2.05) is 12.4 Å². The smallest absolute Gasteiger partial charge is 0.0702 e. The molecule has 2 heterocycles. The Morgan fingerprint density at radius 2 is 1.33 bits per heavy atom. The van der Waals surface area contributed by atoms with Gasteiger partial charge in [0.15, 0.2) is 0 Å². The van der Waals surface area contributed by atoms with Gasteiger partial charge in [-0.15, -0.1) is 0 Å². The first-order chi connectivity index (χ1) is 19.2. The second-order valence-electron chi connectivity index (χ2n) is 11.3. The van der Waals surface area contributed by atoms with E-state index in [1.165, 1.54) is 64.3 Å². The summed E-state index contributed by atoms with van der Waals surface area (Å²) in [6, 6.07) is 28.6. The first kappa shape index (κ1) is 24.0. The third-order valence-electron chi connectivity index (χ3n) is 9.06. The van der Waals surface area contributed by atoms with Crippen LogP contribution in [0.2, 0.25) is 0 Å². The second-order valence-corrected chi connectivity index (χ2v) is 11.3. The summed E-state index contributed by atoms with van der Waals surface area (Å²) in [5, 5.41) is 2.39. The fourth-order valence-electron chi connectivity index (χ4n) is 7.39. The van der Waals surface area contributed by atoms with Gasteiger partial charge in [0.2, 0.25) is 0 Å². The zero-order valence-corrected chi connectivity index (χ0v) is 22.8. The van der Waals surface area contributed by atoms with Crippen LogP contribution in [-0.4, -0.2) is 9.97 Å². The normalized spacial score (nSPS) is 19.2. The average molecular weight is 507 g/mol. The van der Waals surface area contributed by atoms with Crippen molar-refractivity contribution in [3.63, 3.8) is 0 Å². The minimum absolute atomic E-state index is 0.129. The topological polar surface area (TPSA) is 25.8 Å². The molecule has 2 nitrogen and oxygen atoms in total. The van der Waals surface area contributed by atoms with Crippen molar-refractivity contribution in [3.8, 4) is 11.1 Å². The van der Waals surface area contributed by atoms with Crippen LogP contribution in [0.3, 0.4) is 0 Å². The zero-order valence-electron chi connectivity index (χ0n) is 22.8. The summed E-state index contributed by atoms with van der Waals surface area (Å²) in [5.41, 5.74) is 10.3. The van der Waals surface area contributed by atoms with Gasteiger partial charge >= 0.3 is 0 Å². The maximum atomic E-state index is 4.78. The van der Waals surface area contributed by atoms with Gasteiger partial charge in [0, 0.05) is 45.6 Å². The van der Waals surface area contributed by atoms with E-state index in [9.17, 15) is 0 Å². The van der Waals surface area contributed by atoms with E-state index in [-0.39, 0.29) is 5.41 Å². The molecule has 2 aliphatic rings. The highest BCUT2D eigenvalue weighted by Gasteiger charge is 2.50. The SMILES string of the molecule is CCCC1(CCC)c2cc(-c3cnc4ccccc4c3)ccc2C2C=CC(c3cnc4ccccc4c3)=CC21. The van der Waals surface area contributed by atoms with Crippen molar-refractivity contribution >= 4 is 27.4 Å². The lowest BCUT2D eigenvalue weighted by Crippen LogP contribution is -2.32. The average Bonchev–Trinajstić information content (AvgIpc) is 3.25. The molecule has 0 saturated carbocycles. The fourth-order valence-corrected chi connectivity index (χ4v) is 7.39. The summed E-state index contributed by atoms with van der Waals surface area (Å²) in [6.45, 7) is 4.69. The molecule has 5 aromatic rings. The van der Waals surface area contributed by atoms with Crippen molar-refractivity contribution in [2.45, 2.75) is 50.9 Å². The van der Waals surface area contributed by atoms with Gasteiger partial charge in [-0.1, -0.05) is 99.5 Å². The lowest BCUT2D eigenvalue weighted by Gasteiger charge is -2.38. The van der Waals surface area contributed by atoms with Crippen LogP contribution in [-0.2, 0) is 5.41 Å². The second kappa shape index (κ2) is 9.61. The number of para-hydroxylation sites is 2. The van der Waals surface area contributed by atoms with Crippen LogP contribution in [0.1, 0.15) is 62.1 Å². The van der Waals surface area contributed by atoms with Gasteiger partial charge in [-0.25, -0.2) is 0 Å². The molecule has 2 heteroatoms. The number of hydrogen-bond donors (Lipinski definition) is 0. The molecule has 7 rings (SSSR count). The number of aromatic nitrogens is 2. The summed E-state index contributed by atoms with van der Waals surface area (Å²) >= 11 is 0. The Morgan fingerprint density at radius 1 is 0.692 bits per heavy atom. The van der Waals surface area contributed by atoms with Gasteiger partial charge < -0.3 is 0 Å².